The summed E-state index contributed by atoms with van der Waals surface area (Å²) in [5.41, 5.74) is 4.85. The van der Waals surface area contributed by atoms with Crippen LogP contribution in [0.4, 0.5) is 5.69 Å². The number of hydrogen-bond donors (Lipinski definition) is 3. The van der Waals surface area contributed by atoms with Crippen molar-refractivity contribution in [3.05, 3.63) is 54.1 Å². The molecule has 0 spiro atoms. The summed E-state index contributed by atoms with van der Waals surface area (Å²) in [4.78, 5) is 0. The molecule has 0 amide bonds. The Kier molecular flexibility index (Phi) is 6.27. The third-order valence-corrected chi connectivity index (χ3v) is 9.00. The quantitative estimate of drug-likeness (QED) is 0.431. The Morgan fingerprint density at radius 3 is 1.75 bits per heavy atom. The van der Waals surface area contributed by atoms with Gasteiger partial charge in [0.1, 0.15) is 0 Å². The molecule has 3 N–H and O–H groups in total. The molecule has 0 radical (unpaired) electrons. The van der Waals surface area contributed by atoms with Crippen molar-refractivity contribution in [3.8, 4) is 0 Å². The van der Waals surface area contributed by atoms with Crippen molar-refractivity contribution in [1.29, 1.82) is 0 Å². The summed E-state index contributed by atoms with van der Waals surface area (Å²) in [5.74, 6) is 0. The molecule has 0 fully saturated rings. The van der Waals surface area contributed by atoms with Crippen LogP contribution in [0.3, 0.4) is 0 Å². The summed E-state index contributed by atoms with van der Waals surface area (Å²) in [5, 5.41) is 3.28. The van der Waals surface area contributed by atoms with Crippen LogP contribution >= 0.6 is 0 Å². The minimum atomic E-state index is -3.80. The van der Waals surface area contributed by atoms with Gasteiger partial charge < -0.3 is 0 Å². The molecule has 2 atom stereocenters. The van der Waals surface area contributed by atoms with Crippen LogP contribution in [0.1, 0.15) is 12.0 Å². The molecule has 0 aliphatic carbocycles. The van der Waals surface area contributed by atoms with E-state index in [9.17, 15) is 15.7 Å². The summed E-state index contributed by atoms with van der Waals surface area (Å²) in [6.45, 7) is 0.783. The third-order valence-electron chi connectivity index (χ3n) is 3.73. The zero-order chi connectivity index (χ0) is 17.8. The van der Waals surface area contributed by atoms with Crippen LogP contribution < -0.4 is 14.0 Å². The van der Waals surface area contributed by atoms with Crippen molar-refractivity contribution in [3.63, 3.8) is 0 Å². The summed E-state index contributed by atoms with van der Waals surface area (Å²) in [7, 11) is 0. The van der Waals surface area contributed by atoms with Gasteiger partial charge in [-0.15, -0.1) is 0 Å². The molecule has 0 bridgehead atoms. The summed E-state index contributed by atoms with van der Waals surface area (Å²) >= 11 is -7.59. The summed E-state index contributed by atoms with van der Waals surface area (Å²) in [6, 6.07) is 14.3. The van der Waals surface area contributed by atoms with Gasteiger partial charge in [-0.05, 0) is 0 Å². The van der Waals surface area contributed by atoms with E-state index in [1.807, 2.05) is 24.3 Å². The van der Waals surface area contributed by atoms with Gasteiger partial charge in [0.2, 0.25) is 0 Å². The Labute approximate surface area is 147 Å². The van der Waals surface area contributed by atoms with E-state index in [2.05, 4.69) is 5.32 Å². The van der Waals surface area contributed by atoms with Crippen molar-refractivity contribution in [1.82, 2.24) is 0 Å². The van der Waals surface area contributed by atoms with Crippen LogP contribution in [-0.2, 0) is 13.9 Å². The molecule has 24 heavy (non-hydrogen) atoms. The van der Waals surface area contributed by atoms with Gasteiger partial charge in [0.05, 0.1) is 0 Å². The van der Waals surface area contributed by atoms with E-state index in [0.717, 1.165) is 30.6 Å². The molecule has 2 rings (SSSR count). The maximum absolute atomic E-state index is 11.6. The van der Waals surface area contributed by atoms with E-state index >= 15 is 0 Å². The summed E-state index contributed by atoms with van der Waals surface area (Å²) < 4.78 is 43.4. The first-order chi connectivity index (χ1) is 11.2. The van der Waals surface area contributed by atoms with E-state index in [1.54, 1.807) is 24.3 Å². The number of anilines is 1. The first-order valence-corrected chi connectivity index (χ1v) is 16.5. The Morgan fingerprint density at radius 2 is 1.29 bits per heavy atom. The Balaban J connectivity index is 1.81. The summed E-state index contributed by atoms with van der Waals surface area (Å²) in [6.07, 6.45) is 1.80. The van der Waals surface area contributed by atoms with Crippen LogP contribution in [-0.4, -0.2) is 42.4 Å². The number of benzene rings is 2. The predicted octanol–water partition coefficient (Wildman–Crippen LogP) is 1.13. The molecule has 0 saturated heterocycles. The van der Waals surface area contributed by atoms with Crippen LogP contribution in [0.15, 0.2) is 48.5 Å². The van der Waals surface area contributed by atoms with Gasteiger partial charge in [-0.3, -0.25) is 0 Å². The monoisotopic (exact) mass is 455 g/mol. The van der Waals surface area contributed by atoms with Gasteiger partial charge in [-0.1, -0.05) is 0 Å². The molecule has 130 valence electrons. The van der Waals surface area contributed by atoms with Gasteiger partial charge in [-0.25, -0.2) is 0 Å². The third kappa shape index (κ3) is 5.75. The molecule has 0 aromatic heterocycles. The zero-order valence-corrected chi connectivity index (χ0v) is 17.6. The van der Waals surface area contributed by atoms with Gasteiger partial charge in [0.25, 0.3) is 0 Å². The number of nitrogens with one attached hydrogen (secondary N) is 1. The van der Waals surface area contributed by atoms with Crippen molar-refractivity contribution in [2.75, 3.05) is 11.9 Å². The zero-order valence-electron chi connectivity index (χ0n) is 13.8. The number of rotatable bonds is 7. The second-order valence-corrected chi connectivity index (χ2v) is 15.5. The fourth-order valence-corrected chi connectivity index (χ4v) is 5.27. The van der Waals surface area contributed by atoms with Crippen molar-refractivity contribution < 1.29 is 15.7 Å². The SMILES string of the molecule is C[As](=O)(O)c1ccc(CCCNc2ccc([As](C)(=O)O)cc2)cc1. The molecule has 2 unspecified atom stereocenters. The fraction of sp³-hybridized carbons (Fsp3) is 0.294. The van der Waals surface area contributed by atoms with Gasteiger partial charge in [-0.2, -0.15) is 0 Å². The van der Waals surface area contributed by atoms with E-state index in [-0.39, 0.29) is 0 Å². The van der Waals surface area contributed by atoms with Crippen molar-refractivity contribution >= 4 is 42.1 Å². The van der Waals surface area contributed by atoms with Gasteiger partial charge in [0.15, 0.2) is 0 Å². The van der Waals surface area contributed by atoms with Crippen molar-refractivity contribution in [2.45, 2.75) is 24.3 Å². The Hall–Kier alpha value is -1.12. The van der Waals surface area contributed by atoms with E-state index in [0.29, 0.717) is 8.70 Å². The van der Waals surface area contributed by atoms with Crippen LogP contribution in [0.5, 0.6) is 0 Å². The average Bonchev–Trinajstić information content (AvgIpc) is 2.51. The second-order valence-electron chi connectivity index (χ2n) is 6.00. The molecule has 0 heterocycles. The standard InChI is InChI=1S/C17H23As2NO4/c1-18(21,22)15-7-5-14(6-8-15)4-3-13-20-17-11-9-16(10-12-17)19(2,23)24/h5-12,20H,3-4,13H2,1-2H3,(H,21,22)(H,23,24). The minimum absolute atomic E-state index is 0.511. The molecule has 5 nitrogen and oxygen atoms in total. The molecular weight excluding hydrogens is 432 g/mol. The van der Waals surface area contributed by atoms with Gasteiger partial charge in [0, 0.05) is 0 Å². The molecule has 0 aliphatic heterocycles. The topological polar surface area (TPSA) is 86.6 Å². The van der Waals surface area contributed by atoms with E-state index < -0.39 is 27.7 Å². The fourth-order valence-electron chi connectivity index (χ4n) is 2.32. The molecule has 2 aromatic rings. The first-order valence-electron chi connectivity index (χ1n) is 7.71. The normalized spacial score (nSPS) is 16.2. The molecule has 0 aliphatic rings. The predicted molar refractivity (Wildman–Crippen MR) is 98.0 cm³/mol. The molecule has 0 saturated carbocycles. The Bertz CT molecular complexity index is 693. The van der Waals surface area contributed by atoms with Crippen molar-refractivity contribution in [2.24, 2.45) is 0 Å². The molecular formula is C17H23As2NO4. The maximum atomic E-state index is 11.6. The van der Waals surface area contributed by atoms with Crippen LogP contribution in [0, 0.1) is 0 Å². The van der Waals surface area contributed by atoms with Gasteiger partial charge >= 0.3 is 148 Å². The average molecular weight is 455 g/mol. The molecule has 2 aromatic carbocycles. The van der Waals surface area contributed by atoms with E-state index in [1.165, 1.54) is 11.4 Å². The molecule has 7 heteroatoms. The number of hydrogen-bond acceptors (Lipinski definition) is 3. The second kappa shape index (κ2) is 7.84. The Morgan fingerprint density at radius 1 is 0.833 bits per heavy atom. The van der Waals surface area contributed by atoms with E-state index in [4.69, 9.17) is 0 Å². The number of aryl methyl sites for hydroxylation is 1. The van der Waals surface area contributed by atoms with Crippen LogP contribution in [0.25, 0.3) is 0 Å². The van der Waals surface area contributed by atoms with Crippen LogP contribution in [0.2, 0.25) is 11.4 Å². The first kappa shape index (κ1) is 19.2.